The molecule has 1 N–H and O–H groups in total. The largest absolute Gasteiger partial charge is 0.507 e. The molecule has 3 nitrogen and oxygen atoms in total. The molecule has 0 amide bonds. The lowest BCUT2D eigenvalue weighted by Crippen LogP contribution is -2.01. The van der Waals surface area contributed by atoms with Gasteiger partial charge >= 0.3 is 0 Å². The zero-order valence-electron chi connectivity index (χ0n) is 8.59. The van der Waals surface area contributed by atoms with Crippen LogP contribution in [-0.2, 0) is 6.42 Å². The van der Waals surface area contributed by atoms with Gasteiger partial charge in [0.15, 0.2) is 5.78 Å². The van der Waals surface area contributed by atoms with Gasteiger partial charge in [0, 0.05) is 24.4 Å². The third kappa shape index (κ3) is 2.46. The molecule has 0 fully saturated rings. The molecule has 0 saturated heterocycles. The van der Waals surface area contributed by atoms with E-state index in [-0.39, 0.29) is 11.5 Å². The lowest BCUT2D eigenvalue weighted by molar-refractivity contribution is 0.0980. The highest BCUT2D eigenvalue weighted by Crippen LogP contribution is 2.18. The maximum absolute atomic E-state index is 11.8. The maximum atomic E-state index is 11.8. The van der Waals surface area contributed by atoms with Crippen molar-refractivity contribution in [1.82, 2.24) is 4.98 Å². The van der Waals surface area contributed by atoms with Crippen molar-refractivity contribution in [1.29, 1.82) is 0 Å². The fraction of sp³-hybridized carbons (Fsp3) is 0.167. The van der Waals surface area contributed by atoms with Crippen LogP contribution in [0.2, 0.25) is 0 Å². The molecular formula is C12H11NO2S. The number of aromatic hydroxyl groups is 1. The summed E-state index contributed by atoms with van der Waals surface area (Å²) >= 11 is 1.54. The average Bonchev–Trinajstić information content (AvgIpc) is 2.79. The highest BCUT2D eigenvalue weighted by Gasteiger charge is 2.10. The van der Waals surface area contributed by atoms with Gasteiger partial charge in [0.05, 0.1) is 10.6 Å². The third-order valence-electron chi connectivity index (χ3n) is 2.25. The number of benzene rings is 1. The van der Waals surface area contributed by atoms with Crippen molar-refractivity contribution in [3.8, 4) is 5.75 Å². The van der Waals surface area contributed by atoms with Crippen LogP contribution in [-0.4, -0.2) is 15.9 Å². The van der Waals surface area contributed by atoms with Gasteiger partial charge < -0.3 is 5.11 Å². The summed E-state index contributed by atoms with van der Waals surface area (Å²) in [5, 5.41) is 12.3. The second-order valence-electron chi connectivity index (χ2n) is 3.37. The number of phenolic OH excluding ortho intramolecular Hbond substituents is 1. The first-order valence-corrected chi connectivity index (χ1v) is 5.85. The van der Waals surface area contributed by atoms with Crippen molar-refractivity contribution in [3.05, 3.63) is 46.4 Å². The summed E-state index contributed by atoms with van der Waals surface area (Å²) in [7, 11) is 0. The summed E-state index contributed by atoms with van der Waals surface area (Å²) in [5.41, 5.74) is 0.388. The minimum atomic E-state index is -0.0479. The Bertz CT molecular complexity index is 480. The number of nitrogens with zero attached hydrogens (tertiary/aromatic N) is 1. The van der Waals surface area contributed by atoms with Gasteiger partial charge in [0.2, 0.25) is 0 Å². The molecule has 16 heavy (non-hydrogen) atoms. The Hall–Kier alpha value is -1.68. The number of thiazole rings is 1. The Kier molecular flexibility index (Phi) is 3.31. The predicted octanol–water partition coefficient (Wildman–Crippen LogP) is 2.66. The molecule has 0 bridgehead atoms. The normalized spacial score (nSPS) is 10.2. The van der Waals surface area contributed by atoms with Gasteiger partial charge in [-0.1, -0.05) is 12.1 Å². The first kappa shape index (κ1) is 10.8. The molecule has 82 valence electrons. The van der Waals surface area contributed by atoms with Crippen molar-refractivity contribution in [3.63, 3.8) is 0 Å². The Morgan fingerprint density at radius 1 is 1.38 bits per heavy atom. The maximum Gasteiger partial charge on any atom is 0.167 e. The Labute approximate surface area is 97.4 Å². The Morgan fingerprint density at radius 3 is 2.88 bits per heavy atom. The van der Waals surface area contributed by atoms with E-state index in [1.54, 1.807) is 24.4 Å². The van der Waals surface area contributed by atoms with E-state index in [1.807, 2.05) is 5.38 Å². The summed E-state index contributed by atoms with van der Waals surface area (Å²) < 4.78 is 0. The van der Waals surface area contributed by atoms with E-state index in [9.17, 15) is 9.90 Å². The number of hydrogen-bond donors (Lipinski definition) is 1. The number of carbonyl (C=O) groups excluding carboxylic acids is 1. The van der Waals surface area contributed by atoms with Gasteiger partial charge in [-0.2, -0.15) is 0 Å². The lowest BCUT2D eigenvalue weighted by Gasteiger charge is -2.01. The number of aryl methyl sites for hydroxylation is 1. The third-order valence-corrected chi connectivity index (χ3v) is 3.09. The number of phenols is 1. The van der Waals surface area contributed by atoms with Gasteiger partial charge in [-0.05, 0) is 12.1 Å². The minimum absolute atomic E-state index is 0.0478. The van der Waals surface area contributed by atoms with Crippen LogP contribution in [0, 0.1) is 0 Å². The Balaban J connectivity index is 2.01. The van der Waals surface area contributed by atoms with Crippen molar-refractivity contribution in [2.24, 2.45) is 0 Å². The highest BCUT2D eigenvalue weighted by atomic mass is 32.1. The van der Waals surface area contributed by atoms with E-state index in [0.717, 1.165) is 5.01 Å². The highest BCUT2D eigenvalue weighted by molar-refractivity contribution is 7.09. The van der Waals surface area contributed by atoms with Crippen molar-refractivity contribution >= 4 is 17.1 Å². The summed E-state index contributed by atoms with van der Waals surface area (Å²) in [6.45, 7) is 0. The fourth-order valence-electron chi connectivity index (χ4n) is 1.44. The first-order chi connectivity index (χ1) is 7.77. The number of para-hydroxylation sites is 1. The number of carbonyl (C=O) groups is 1. The van der Waals surface area contributed by atoms with E-state index in [2.05, 4.69) is 4.98 Å². The lowest BCUT2D eigenvalue weighted by atomic mass is 10.1. The second-order valence-corrected chi connectivity index (χ2v) is 4.35. The van der Waals surface area contributed by atoms with Crippen LogP contribution < -0.4 is 0 Å². The molecule has 0 atom stereocenters. The summed E-state index contributed by atoms with van der Waals surface area (Å²) in [6.07, 6.45) is 2.74. The quantitative estimate of drug-likeness (QED) is 0.826. The molecule has 1 aromatic carbocycles. The number of hydrogen-bond acceptors (Lipinski definition) is 4. The van der Waals surface area contributed by atoms with Crippen LogP contribution in [0.5, 0.6) is 5.75 Å². The Morgan fingerprint density at radius 2 is 2.19 bits per heavy atom. The van der Waals surface area contributed by atoms with E-state index < -0.39 is 0 Å². The van der Waals surface area contributed by atoms with Crippen molar-refractivity contribution < 1.29 is 9.90 Å². The molecular weight excluding hydrogens is 222 g/mol. The number of aromatic nitrogens is 1. The van der Waals surface area contributed by atoms with E-state index in [0.29, 0.717) is 18.4 Å². The molecule has 0 saturated carbocycles. The topological polar surface area (TPSA) is 50.2 Å². The van der Waals surface area contributed by atoms with Gasteiger partial charge in [-0.3, -0.25) is 4.79 Å². The van der Waals surface area contributed by atoms with Crippen LogP contribution >= 0.6 is 11.3 Å². The zero-order valence-corrected chi connectivity index (χ0v) is 9.41. The van der Waals surface area contributed by atoms with Gasteiger partial charge in [-0.15, -0.1) is 11.3 Å². The fourth-order valence-corrected chi connectivity index (χ4v) is 2.06. The van der Waals surface area contributed by atoms with Crippen molar-refractivity contribution in [2.75, 3.05) is 0 Å². The summed E-state index contributed by atoms with van der Waals surface area (Å²) in [5.74, 6) is -0.0000567. The molecule has 1 aromatic heterocycles. The smallest absolute Gasteiger partial charge is 0.167 e. The molecule has 0 unspecified atom stereocenters. The molecule has 0 aliphatic rings. The zero-order chi connectivity index (χ0) is 11.4. The van der Waals surface area contributed by atoms with Gasteiger partial charge in [0.25, 0.3) is 0 Å². The van der Waals surface area contributed by atoms with Gasteiger partial charge in [0.1, 0.15) is 5.75 Å². The standard InChI is InChI=1S/C12H11NO2S/c14-10-4-2-1-3-9(10)11(15)5-6-12-13-7-8-16-12/h1-4,7-8,14H,5-6H2. The van der Waals surface area contributed by atoms with E-state index >= 15 is 0 Å². The van der Waals surface area contributed by atoms with Gasteiger partial charge in [-0.25, -0.2) is 4.98 Å². The predicted molar refractivity (Wildman–Crippen MR) is 62.9 cm³/mol. The molecule has 0 radical (unpaired) electrons. The monoisotopic (exact) mass is 233 g/mol. The van der Waals surface area contributed by atoms with Crippen LogP contribution in [0.25, 0.3) is 0 Å². The van der Waals surface area contributed by atoms with Crippen LogP contribution in [0.1, 0.15) is 21.8 Å². The molecule has 4 heteroatoms. The minimum Gasteiger partial charge on any atom is -0.507 e. The number of ketones is 1. The molecule has 0 aliphatic carbocycles. The van der Waals surface area contributed by atoms with Crippen molar-refractivity contribution in [2.45, 2.75) is 12.8 Å². The number of Topliss-reactive ketones (excluding diaryl/α,β-unsaturated/α-hetero) is 1. The first-order valence-electron chi connectivity index (χ1n) is 4.97. The summed E-state index contributed by atoms with van der Waals surface area (Å²) in [6, 6.07) is 6.61. The SMILES string of the molecule is O=C(CCc1nccs1)c1ccccc1O. The van der Waals surface area contributed by atoms with Crippen LogP contribution in [0.15, 0.2) is 35.8 Å². The van der Waals surface area contributed by atoms with Crippen LogP contribution in [0.4, 0.5) is 0 Å². The molecule has 0 spiro atoms. The molecule has 2 aromatic rings. The molecule has 2 rings (SSSR count). The number of rotatable bonds is 4. The molecule has 1 heterocycles. The summed E-state index contributed by atoms with van der Waals surface area (Å²) in [4.78, 5) is 15.9. The van der Waals surface area contributed by atoms with E-state index in [4.69, 9.17) is 0 Å². The average molecular weight is 233 g/mol. The molecule has 0 aliphatic heterocycles. The second kappa shape index (κ2) is 4.90. The van der Waals surface area contributed by atoms with E-state index in [1.165, 1.54) is 17.4 Å². The van der Waals surface area contributed by atoms with Crippen LogP contribution in [0.3, 0.4) is 0 Å².